The summed E-state index contributed by atoms with van der Waals surface area (Å²) in [6.07, 6.45) is 1.43. The van der Waals surface area contributed by atoms with E-state index in [1.807, 2.05) is 26.0 Å². The first-order chi connectivity index (χ1) is 16.6. The first-order valence-electron chi connectivity index (χ1n) is 10.3. The van der Waals surface area contributed by atoms with Gasteiger partial charge in [-0.2, -0.15) is 0 Å². The van der Waals surface area contributed by atoms with Crippen molar-refractivity contribution in [3.8, 4) is 11.3 Å². The van der Waals surface area contributed by atoms with E-state index in [-0.39, 0.29) is 10.6 Å². The normalized spacial score (nSPS) is 14.6. The number of nitrogens with zero attached hydrogens (tertiary/aromatic N) is 2. The number of amides is 3. The second-order valence-electron chi connectivity index (χ2n) is 7.76. The summed E-state index contributed by atoms with van der Waals surface area (Å²) >= 11 is 4.02. The minimum absolute atomic E-state index is 0.0670. The number of aryl methyl sites for hydroxylation is 2. The van der Waals surface area contributed by atoms with Crippen LogP contribution in [0, 0.1) is 24.0 Å². The van der Waals surface area contributed by atoms with Gasteiger partial charge in [-0.25, -0.2) is 0 Å². The van der Waals surface area contributed by atoms with Crippen molar-refractivity contribution in [2.24, 2.45) is 0 Å². The predicted octanol–water partition coefficient (Wildman–Crippen LogP) is 5.91. The lowest BCUT2D eigenvalue weighted by Crippen LogP contribution is -2.36. The fourth-order valence-electron chi connectivity index (χ4n) is 3.45. The van der Waals surface area contributed by atoms with Crippen LogP contribution in [0.3, 0.4) is 0 Å². The van der Waals surface area contributed by atoms with Gasteiger partial charge >= 0.3 is 0 Å². The minimum atomic E-state index is -0.592. The molecule has 2 heterocycles. The molecule has 178 valence electrons. The van der Waals surface area contributed by atoms with E-state index in [4.69, 9.17) is 4.42 Å². The second kappa shape index (κ2) is 9.88. The molecule has 3 amide bonds. The highest BCUT2D eigenvalue weighted by Gasteiger charge is 2.36. The van der Waals surface area contributed by atoms with Crippen LogP contribution in [0.25, 0.3) is 17.4 Å². The van der Waals surface area contributed by atoms with Crippen LogP contribution in [0.4, 0.5) is 16.2 Å². The van der Waals surface area contributed by atoms with Crippen molar-refractivity contribution in [2.45, 2.75) is 13.8 Å². The van der Waals surface area contributed by atoms with Crippen LogP contribution in [0.15, 0.2) is 62.3 Å². The molecule has 0 bridgehead atoms. The first kappa shape index (κ1) is 24.4. The number of carbonyl (C=O) groups is 3. The number of benzene rings is 2. The molecule has 1 saturated heterocycles. The average molecular weight is 556 g/mol. The first-order valence-corrected chi connectivity index (χ1v) is 11.9. The maximum Gasteiger partial charge on any atom is 0.294 e. The fraction of sp³-hybridized carbons (Fsp3) is 0.125. The van der Waals surface area contributed by atoms with Crippen LogP contribution in [-0.4, -0.2) is 33.4 Å². The van der Waals surface area contributed by atoms with Gasteiger partial charge in [-0.3, -0.25) is 29.4 Å². The van der Waals surface area contributed by atoms with Crippen molar-refractivity contribution >= 4 is 62.2 Å². The summed E-state index contributed by atoms with van der Waals surface area (Å²) in [5.41, 5.74) is 3.07. The van der Waals surface area contributed by atoms with Crippen LogP contribution >= 0.6 is 27.7 Å². The molecule has 4 rings (SSSR count). The number of carbonyl (C=O) groups excluding carboxylic acids is 3. The molecule has 3 aromatic rings. The molecular formula is C24H18BrN3O6S. The molecule has 0 saturated carbocycles. The Balaban J connectivity index is 1.47. The van der Waals surface area contributed by atoms with E-state index >= 15 is 0 Å². The maximum atomic E-state index is 12.8. The molecule has 0 aliphatic carbocycles. The second-order valence-corrected chi connectivity index (χ2v) is 9.61. The van der Waals surface area contributed by atoms with Crippen molar-refractivity contribution in [3.63, 3.8) is 0 Å². The summed E-state index contributed by atoms with van der Waals surface area (Å²) in [5, 5.41) is 13.1. The number of rotatable bonds is 6. The Hall–Kier alpha value is -3.70. The molecule has 0 atom stereocenters. The molecule has 11 heteroatoms. The molecule has 0 unspecified atom stereocenters. The predicted molar refractivity (Wildman–Crippen MR) is 136 cm³/mol. The van der Waals surface area contributed by atoms with Crippen LogP contribution in [0.1, 0.15) is 16.9 Å². The number of nitro benzene ring substituents is 1. The number of nitrogens with one attached hydrogen (secondary N) is 1. The van der Waals surface area contributed by atoms with Crippen LogP contribution in [0.5, 0.6) is 0 Å². The van der Waals surface area contributed by atoms with E-state index in [0.717, 1.165) is 27.8 Å². The Bertz CT molecular complexity index is 1410. The van der Waals surface area contributed by atoms with E-state index < -0.39 is 28.5 Å². The van der Waals surface area contributed by atoms with Gasteiger partial charge in [-0.15, -0.1) is 0 Å². The molecule has 1 fully saturated rings. The molecule has 0 spiro atoms. The number of thioether (sulfide) groups is 1. The number of anilines is 1. The van der Waals surface area contributed by atoms with Crippen LogP contribution in [0.2, 0.25) is 0 Å². The lowest BCUT2D eigenvalue weighted by atomic mass is 10.1. The van der Waals surface area contributed by atoms with Gasteiger partial charge in [0.15, 0.2) is 0 Å². The summed E-state index contributed by atoms with van der Waals surface area (Å²) in [4.78, 5) is 49.1. The highest BCUT2D eigenvalue weighted by molar-refractivity contribution is 9.10. The van der Waals surface area contributed by atoms with Gasteiger partial charge in [0.05, 0.1) is 9.83 Å². The highest BCUT2D eigenvalue weighted by Crippen LogP contribution is 2.35. The van der Waals surface area contributed by atoms with Gasteiger partial charge in [-0.05, 0) is 71.4 Å². The van der Waals surface area contributed by atoms with Gasteiger partial charge in [0.2, 0.25) is 5.91 Å². The van der Waals surface area contributed by atoms with Crippen molar-refractivity contribution in [3.05, 3.63) is 84.9 Å². The number of imide groups is 1. The minimum Gasteiger partial charge on any atom is -0.457 e. The largest absolute Gasteiger partial charge is 0.457 e. The van der Waals surface area contributed by atoms with Crippen LogP contribution < -0.4 is 5.32 Å². The van der Waals surface area contributed by atoms with Gasteiger partial charge in [0, 0.05) is 33.9 Å². The summed E-state index contributed by atoms with van der Waals surface area (Å²) < 4.78 is 6.24. The summed E-state index contributed by atoms with van der Waals surface area (Å²) in [5.74, 6) is -0.338. The lowest BCUT2D eigenvalue weighted by molar-refractivity contribution is -0.384. The smallest absolute Gasteiger partial charge is 0.294 e. The summed E-state index contributed by atoms with van der Waals surface area (Å²) in [6, 6.07) is 13.1. The maximum absolute atomic E-state index is 12.8. The zero-order valence-electron chi connectivity index (χ0n) is 18.5. The van der Waals surface area contributed by atoms with Crippen molar-refractivity contribution in [1.29, 1.82) is 0 Å². The average Bonchev–Trinajstić information content (AvgIpc) is 3.35. The molecule has 1 aromatic heterocycles. The Morgan fingerprint density at radius 3 is 2.63 bits per heavy atom. The van der Waals surface area contributed by atoms with E-state index in [0.29, 0.717) is 27.2 Å². The van der Waals surface area contributed by atoms with E-state index in [1.165, 1.54) is 18.2 Å². The monoisotopic (exact) mass is 555 g/mol. The van der Waals surface area contributed by atoms with E-state index in [1.54, 1.807) is 24.3 Å². The molecule has 9 nitrogen and oxygen atoms in total. The number of hydrogen-bond acceptors (Lipinski definition) is 7. The Morgan fingerprint density at radius 2 is 1.94 bits per heavy atom. The molecular weight excluding hydrogens is 538 g/mol. The SMILES string of the molecule is Cc1ccc(NC(=O)CN2C(=O)S/C(=C/c3ccc(-c4ccc([N+](=O)[O-])cc4Br)o3)C2=O)c(C)c1. The molecule has 35 heavy (non-hydrogen) atoms. The van der Waals surface area contributed by atoms with Gasteiger partial charge in [-0.1, -0.05) is 17.7 Å². The molecule has 2 aromatic carbocycles. The standard InChI is InChI=1S/C24H18BrN3O6S/c1-13-3-7-19(14(2)9-13)26-22(29)12-27-23(30)21(35-24(27)31)11-16-5-8-20(34-16)17-6-4-15(28(32)33)10-18(17)25/h3-11H,12H2,1-2H3,(H,26,29)/b21-11+. The molecule has 0 radical (unpaired) electrons. The van der Waals surface area contributed by atoms with Gasteiger partial charge in [0.1, 0.15) is 18.1 Å². The topological polar surface area (TPSA) is 123 Å². The third kappa shape index (κ3) is 5.36. The van der Waals surface area contributed by atoms with Gasteiger partial charge < -0.3 is 9.73 Å². The number of hydrogen-bond donors (Lipinski definition) is 1. The number of furan rings is 1. The van der Waals surface area contributed by atoms with E-state index in [2.05, 4.69) is 21.2 Å². The summed E-state index contributed by atoms with van der Waals surface area (Å²) in [6.45, 7) is 3.39. The zero-order valence-corrected chi connectivity index (χ0v) is 20.9. The Labute approximate surface area is 212 Å². The highest BCUT2D eigenvalue weighted by atomic mass is 79.9. The molecule has 1 aliphatic rings. The van der Waals surface area contributed by atoms with Gasteiger partial charge in [0.25, 0.3) is 16.8 Å². The fourth-order valence-corrected chi connectivity index (χ4v) is 4.83. The molecule has 1 aliphatic heterocycles. The summed E-state index contributed by atoms with van der Waals surface area (Å²) in [7, 11) is 0. The number of non-ortho nitro benzene ring substituents is 1. The van der Waals surface area contributed by atoms with Crippen molar-refractivity contribution in [2.75, 3.05) is 11.9 Å². The third-order valence-corrected chi connectivity index (χ3v) is 6.72. The number of halogens is 1. The Kier molecular flexibility index (Phi) is 6.90. The Morgan fingerprint density at radius 1 is 1.17 bits per heavy atom. The van der Waals surface area contributed by atoms with Crippen LogP contribution in [-0.2, 0) is 9.59 Å². The van der Waals surface area contributed by atoms with E-state index in [9.17, 15) is 24.5 Å². The molecule has 1 N–H and O–H groups in total. The van der Waals surface area contributed by atoms with Crippen molar-refractivity contribution in [1.82, 2.24) is 4.90 Å². The van der Waals surface area contributed by atoms with Crippen molar-refractivity contribution < 1.29 is 23.7 Å². The zero-order chi connectivity index (χ0) is 25.3. The number of nitro groups is 1. The third-order valence-electron chi connectivity index (χ3n) is 5.16. The quantitative estimate of drug-likeness (QED) is 0.228. The lowest BCUT2D eigenvalue weighted by Gasteiger charge is -2.13.